The SMILES string of the molecule is CCN(C(=O)CCC(C)O)c1ccc(F)cc1. The van der Waals surface area contributed by atoms with Crippen molar-refractivity contribution in [2.45, 2.75) is 32.8 Å². The van der Waals surface area contributed by atoms with E-state index in [9.17, 15) is 9.18 Å². The third kappa shape index (κ3) is 4.15. The van der Waals surface area contributed by atoms with Crippen LogP contribution in [-0.4, -0.2) is 23.7 Å². The molecule has 0 aliphatic carbocycles. The summed E-state index contributed by atoms with van der Waals surface area (Å²) in [6.07, 6.45) is 0.255. The molecule has 4 heteroatoms. The molecule has 0 heterocycles. The van der Waals surface area contributed by atoms with Gasteiger partial charge < -0.3 is 10.0 Å². The average Bonchev–Trinajstić information content (AvgIpc) is 2.30. The van der Waals surface area contributed by atoms with E-state index in [4.69, 9.17) is 5.11 Å². The van der Waals surface area contributed by atoms with E-state index in [1.54, 1.807) is 24.0 Å². The number of aliphatic hydroxyl groups excluding tert-OH is 1. The Kier molecular flexibility index (Phi) is 5.10. The summed E-state index contributed by atoms with van der Waals surface area (Å²) in [6.45, 7) is 4.05. The lowest BCUT2D eigenvalue weighted by Crippen LogP contribution is -2.30. The Morgan fingerprint density at radius 3 is 2.47 bits per heavy atom. The Morgan fingerprint density at radius 1 is 1.41 bits per heavy atom. The lowest BCUT2D eigenvalue weighted by Gasteiger charge is -2.21. The van der Waals surface area contributed by atoms with E-state index >= 15 is 0 Å². The van der Waals surface area contributed by atoms with Crippen molar-refractivity contribution in [3.8, 4) is 0 Å². The molecular formula is C13H18FNO2. The number of anilines is 1. The predicted molar refractivity (Wildman–Crippen MR) is 65.3 cm³/mol. The van der Waals surface area contributed by atoms with Crippen molar-refractivity contribution in [3.63, 3.8) is 0 Å². The van der Waals surface area contributed by atoms with Crippen LogP contribution < -0.4 is 4.90 Å². The number of hydrogen-bond acceptors (Lipinski definition) is 2. The average molecular weight is 239 g/mol. The molecule has 0 spiro atoms. The molecule has 0 saturated heterocycles. The third-order valence-corrected chi connectivity index (χ3v) is 2.53. The van der Waals surface area contributed by atoms with E-state index in [1.165, 1.54) is 12.1 Å². The van der Waals surface area contributed by atoms with E-state index in [0.29, 0.717) is 25.1 Å². The quantitative estimate of drug-likeness (QED) is 0.856. The van der Waals surface area contributed by atoms with Crippen LogP contribution in [0.1, 0.15) is 26.7 Å². The summed E-state index contributed by atoms with van der Waals surface area (Å²) in [6, 6.07) is 5.83. The summed E-state index contributed by atoms with van der Waals surface area (Å²) in [7, 11) is 0. The van der Waals surface area contributed by atoms with Gasteiger partial charge in [-0.1, -0.05) is 0 Å². The maximum Gasteiger partial charge on any atom is 0.227 e. The number of benzene rings is 1. The van der Waals surface area contributed by atoms with Crippen LogP contribution in [0, 0.1) is 5.82 Å². The van der Waals surface area contributed by atoms with Crippen molar-refractivity contribution in [2.75, 3.05) is 11.4 Å². The number of amides is 1. The normalized spacial score (nSPS) is 12.2. The first kappa shape index (κ1) is 13.6. The van der Waals surface area contributed by atoms with Gasteiger partial charge in [-0.25, -0.2) is 4.39 Å². The molecule has 1 unspecified atom stereocenters. The summed E-state index contributed by atoms with van der Waals surface area (Å²) in [4.78, 5) is 13.5. The number of rotatable bonds is 5. The van der Waals surface area contributed by atoms with Crippen LogP contribution in [0.2, 0.25) is 0 Å². The van der Waals surface area contributed by atoms with Gasteiger partial charge in [-0.05, 0) is 44.5 Å². The largest absolute Gasteiger partial charge is 0.393 e. The summed E-state index contributed by atoms with van der Waals surface area (Å²) in [5, 5.41) is 9.14. The molecule has 1 aromatic carbocycles. The van der Waals surface area contributed by atoms with Crippen molar-refractivity contribution in [1.29, 1.82) is 0 Å². The fraction of sp³-hybridized carbons (Fsp3) is 0.462. The lowest BCUT2D eigenvalue weighted by atomic mass is 10.2. The van der Waals surface area contributed by atoms with E-state index in [1.807, 2.05) is 6.92 Å². The molecule has 1 rings (SSSR count). The van der Waals surface area contributed by atoms with E-state index in [0.717, 1.165) is 0 Å². The van der Waals surface area contributed by atoms with Crippen LogP contribution in [0.4, 0.5) is 10.1 Å². The first-order valence-corrected chi connectivity index (χ1v) is 5.78. The number of carbonyl (C=O) groups is 1. The van der Waals surface area contributed by atoms with Crippen molar-refractivity contribution in [1.82, 2.24) is 0 Å². The Morgan fingerprint density at radius 2 is 2.00 bits per heavy atom. The predicted octanol–water partition coefficient (Wildman–Crippen LogP) is 2.34. The molecular weight excluding hydrogens is 221 g/mol. The molecule has 1 atom stereocenters. The molecule has 3 nitrogen and oxygen atoms in total. The zero-order valence-electron chi connectivity index (χ0n) is 10.2. The van der Waals surface area contributed by atoms with Crippen LogP contribution in [0.15, 0.2) is 24.3 Å². The summed E-state index contributed by atoms with van der Waals surface area (Å²) >= 11 is 0. The van der Waals surface area contributed by atoms with Crippen molar-refractivity contribution >= 4 is 11.6 Å². The smallest absolute Gasteiger partial charge is 0.227 e. The molecule has 0 aliphatic rings. The Balaban J connectivity index is 2.70. The fourth-order valence-electron chi connectivity index (χ4n) is 1.59. The standard InChI is InChI=1S/C13H18FNO2/c1-3-15(13(17)9-4-10(2)16)12-7-5-11(14)6-8-12/h5-8,10,16H,3-4,9H2,1-2H3. The highest BCUT2D eigenvalue weighted by molar-refractivity contribution is 5.93. The summed E-state index contributed by atoms with van der Waals surface area (Å²) in [5.41, 5.74) is 0.685. The Bertz CT molecular complexity index is 362. The first-order valence-electron chi connectivity index (χ1n) is 5.78. The van der Waals surface area contributed by atoms with Crippen LogP contribution in [-0.2, 0) is 4.79 Å². The summed E-state index contributed by atoms with van der Waals surface area (Å²) < 4.78 is 12.8. The minimum Gasteiger partial charge on any atom is -0.393 e. The number of hydrogen-bond donors (Lipinski definition) is 1. The van der Waals surface area contributed by atoms with Gasteiger partial charge in [0.25, 0.3) is 0 Å². The molecule has 0 aromatic heterocycles. The van der Waals surface area contributed by atoms with Crippen molar-refractivity contribution < 1.29 is 14.3 Å². The molecule has 0 fully saturated rings. The maximum atomic E-state index is 12.8. The molecule has 0 bridgehead atoms. The molecule has 1 amide bonds. The second kappa shape index (κ2) is 6.35. The molecule has 0 aliphatic heterocycles. The second-order valence-electron chi connectivity index (χ2n) is 4.00. The van der Waals surface area contributed by atoms with Crippen LogP contribution >= 0.6 is 0 Å². The van der Waals surface area contributed by atoms with Crippen molar-refractivity contribution in [3.05, 3.63) is 30.1 Å². The van der Waals surface area contributed by atoms with Gasteiger partial charge in [-0.3, -0.25) is 4.79 Å². The first-order chi connectivity index (χ1) is 8.04. The second-order valence-corrected chi connectivity index (χ2v) is 4.00. The fourth-order valence-corrected chi connectivity index (χ4v) is 1.59. The Hall–Kier alpha value is -1.42. The topological polar surface area (TPSA) is 40.5 Å². The minimum absolute atomic E-state index is 0.0555. The van der Waals surface area contributed by atoms with E-state index < -0.39 is 6.10 Å². The monoisotopic (exact) mass is 239 g/mol. The van der Waals surface area contributed by atoms with Crippen LogP contribution in [0.3, 0.4) is 0 Å². The van der Waals surface area contributed by atoms with Gasteiger partial charge in [-0.15, -0.1) is 0 Å². The molecule has 1 aromatic rings. The van der Waals surface area contributed by atoms with Gasteiger partial charge in [0.2, 0.25) is 5.91 Å². The molecule has 17 heavy (non-hydrogen) atoms. The van der Waals surface area contributed by atoms with Gasteiger partial charge in [-0.2, -0.15) is 0 Å². The van der Waals surface area contributed by atoms with Gasteiger partial charge in [0.15, 0.2) is 0 Å². The number of carbonyl (C=O) groups excluding carboxylic acids is 1. The van der Waals surface area contributed by atoms with E-state index in [-0.39, 0.29) is 11.7 Å². The molecule has 0 saturated carbocycles. The minimum atomic E-state index is -0.481. The van der Waals surface area contributed by atoms with E-state index in [2.05, 4.69) is 0 Å². The van der Waals surface area contributed by atoms with Gasteiger partial charge in [0.1, 0.15) is 5.82 Å². The zero-order valence-corrected chi connectivity index (χ0v) is 10.2. The highest BCUT2D eigenvalue weighted by atomic mass is 19.1. The molecule has 0 radical (unpaired) electrons. The zero-order chi connectivity index (χ0) is 12.8. The maximum absolute atomic E-state index is 12.8. The summed E-state index contributed by atoms with van der Waals surface area (Å²) in [5.74, 6) is -0.374. The number of halogens is 1. The van der Waals surface area contributed by atoms with Gasteiger partial charge in [0.05, 0.1) is 6.10 Å². The van der Waals surface area contributed by atoms with Gasteiger partial charge >= 0.3 is 0 Å². The highest BCUT2D eigenvalue weighted by Gasteiger charge is 2.14. The van der Waals surface area contributed by atoms with Crippen LogP contribution in [0.25, 0.3) is 0 Å². The molecule has 1 N–H and O–H groups in total. The Labute approximate surface area is 101 Å². The number of nitrogens with zero attached hydrogens (tertiary/aromatic N) is 1. The lowest BCUT2D eigenvalue weighted by molar-refractivity contribution is -0.119. The van der Waals surface area contributed by atoms with Gasteiger partial charge in [0, 0.05) is 18.7 Å². The van der Waals surface area contributed by atoms with Crippen LogP contribution in [0.5, 0.6) is 0 Å². The highest BCUT2D eigenvalue weighted by Crippen LogP contribution is 2.16. The third-order valence-electron chi connectivity index (χ3n) is 2.53. The molecule has 94 valence electrons. The number of aliphatic hydroxyl groups is 1. The van der Waals surface area contributed by atoms with Crippen molar-refractivity contribution in [2.24, 2.45) is 0 Å².